The standard InChI is InChI=1S/C17H20N2O2/c1-11(10-20)19(2)17(21)14-9-16(12-7-8-12)18-15-6-4-3-5-13(14)15/h3-6,9,11-12,20H,7-8,10H2,1-2H3. The zero-order valence-electron chi connectivity index (χ0n) is 12.4. The lowest BCUT2D eigenvalue weighted by Crippen LogP contribution is -2.37. The van der Waals surface area contributed by atoms with E-state index < -0.39 is 0 Å². The van der Waals surface area contributed by atoms with Crippen LogP contribution in [0.4, 0.5) is 0 Å². The van der Waals surface area contributed by atoms with E-state index in [2.05, 4.69) is 4.98 Å². The Labute approximate surface area is 124 Å². The molecule has 1 aliphatic carbocycles. The Morgan fingerprint density at radius 1 is 1.43 bits per heavy atom. The van der Waals surface area contributed by atoms with Gasteiger partial charge in [-0.05, 0) is 31.9 Å². The van der Waals surface area contributed by atoms with Gasteiger partial charge in [0.1, 0.15) is 0 Å². The van der Waals surface area contributed by atoms with Crippen molar-refractivity contribution >= 4 is 16.8 Å². The summed E-state index contributed by atoms with van der Waals surface area (Å²) in [6, 6.07) is 9.49. The molecule has 1 N–H and O–H groups in total. The van der Waals surface area contributed by atoms with Crippen LogP contribution in [0.3, 0.4) is 0 Å². The van der Waals surface area contributed by atoms with Crippen molar-refractivity contribution in [2.45, 2.75) is 31.7 Å². The number of fused-ring (bicyclic) bond motifs is 1. The Hall–Kier alpha value is -1.94. The molecule has 0 spiro atoms. The summed E-state index contributed by atoms with van der Waals surface area (Å²) >= 11 is 0. The number of hydrogen-bond donors (Lipinski definition) is 1. The number of aromatic nitrogens is 1. The molecule has 1 saturated carbocycles. The molecule has 4 heteroatoms. The van der Waals surface area contributed by atoms with Gasteiger partial charge in [-0.1, -0.05) is 18.2 Å². The Morgan fingerprint density at radius 2 is 2.14 bits per heavy atom. The number of benzene rings is 1. The summed E-state index contributed by atoms with van der Waals surface area (Å²) in [5.74, 6) is 0.443. The zero-order valence-corrected chi connectivity index (χ0v) is 12.4. The summed E-state index contributed by atoms with van der Waals surface area (Å²) in [5.41, 5.74) is 2.57. The van der Waals surface area contributed by atoms with Crippen LogP contribution in [0.1, 0.15) is 41.7 Å². The molecule has 1 aromatic heterocycles. The molecule has 1 aromatic carbocycles. The number of para-hydroxylation sites is 1. The second-order valence-electron chi connectivity index (χ2n) is 5.83. The third kappa shape index (κ3) is 2.63. The first-order valence-electron chi connectivity index (χ1n) is 7.39. The molecule has 0 bridgehead atoms. The largest absolute Gasteiger partial charge is 0.394 e. The minimum Gasteiger partial charge on any atom is -0.394 e. The van der Waals surface area contributed by atoms with Gasteiger partial charge in [-0.3, -0.25) is 9.78 Å². The molecule has 2 aromatic rings. The third-order valence-electron chi connectivity index (χ3n) is 4.21. The molecule has 110 valence electrons. The predicted octanol–water partition coefficient (Wildman–Crippen LogP) is 2.57. The van der Waals surface area contributed by atoms with E-state index in [0.717, 1.165) is 29.4 Å². The number of aliphatic hydroxyl groups excluding tert-OH is 1. The summed E-state index contributed by atoms with van der Waals surface area (Å²) in [6.07, 6.45) is 2.31. The Morgan fingerprint density at radius 3 is 2.81 bits per heavy atom. The van der Waals surface area contributed by atoms with Crippen molar-refractivity contribution in [2.75, 3.05) is 13.7 Å². The number of hydrogen-bond acceptors (Lipinski definition) is 3. The highest BCUT2D eigenvalue weighted by atomic mass is 16.3. The van der Waals surface area contributed by atoms with Gasteiger partial charge < -0.3 is 10.0 Å². The molecule has 1 unspecified atom stereocenters. The smallest absolute Gasteiger partial charge is 0.254 e. The molecule has 1 amide bonds. The SMILES string of the molecule is CC(CO)N(C)C(=O)c1cc(C2CC2)nc2ccccc12. The molecule has 3 rings (SSSR count). The highest BCUT2D eigenvalue weighted by Crippen LogP contribution is 2.40. The van der Waals surface area contributed by atoms with Crippen LogP contribution in [0.15, 0.2) is 30.3 Å². The first kappa shape index (κ1) is 14.0. The van der Waals surface area contributed by atoms with E-state index in [1.807, 2.05) is 37.3 Å². The summed E-state index contributed by atoms with van der Waals surface area (Å²) in [5, 5.41) is 10.1. The molecular formula is C17H20N2O2. The first-order chi connectivity index (χ1) is 10.1. The quantitative estimate of drug-likeness (QED) is 0.938. The molecule has 4 nitrogen and oxygen atoms in total. The van der Waals surface area contributed by atoms with Crippen LogP contribution in [0.2, 0.25) is 0 Å². The number of likely N-dealkylation sites (N-methyl/N-ethyl adjacent to an activating group) is 1. The van der Waals surface area contributed by atoms with E-state index in [9.17, 15) is 9.90 Å². The van der Waals surface area contributed by atoms with Gasteiger partial charge in [0.05, 0.1) is 23.7 Å². The lowest BCUT2D eigenvalue weighted by Gasteiger charge is -2.24. The number of aliphatic hydroxyl groups is 1. The average Bonchev–Trinajstić information content (AvgIpc) is 3.36. The van der Waals surface area contributed by atoms with Gasteiger partial charge >= 0.3 is 0 Å². The van der Waals surface area contributed by atoms with Crippen LogP contribution in [0, 0.1) is 0 Å². The van der Waals surface area contributed by atoms with E-state index in [1.165, 1.54) is 0 Å². The number of carbonyl (C=O) groups is 1. The van der Waals surface area contributed by atoms with E-state index >= 15 is 0 Å². The summed E-state index contributed by atoms with van der Waals surface area (Å²) in [7, 11) is 1.73. The maximum absolute atomic E-state index is 12.7. The fourth-order valence-electron chi connectivity index (χ4n) is 2.47. The van der Waals surface area contributed by atoms with Gasteiger partial charge in [-0.25, -0.2) is 0 Å². The molecule has 1 fully saturated rings. The van der Waals surface area contributed by atoms with Crippen LogP contribution in [-0.4, -0.2) is 40.6 Å². The highest BCUT2D eigenvalue weighted by Gasteiger charge is 2.28. The van der Waals surface area contributed by atoms with Crippen LogP contribution < -0.4 is 0 Å². The predicted molar refractivity (Wildman–Crippen MR) is 82.4 cm³/mol. The first-order valence-corrected chi connectivity index (χ1v) is 7.39. The molecule has 0 radical (unpaired) electrons. The molecule has 0 aliphatic heterocycles. The van der Waals surface area contributed by atoms with Gasteiger partial charge in [-0.2, -0.15) is 0 Å². The lowest BCUT2D eigenvalue weighted by molar-refractivity contribution is 0.0684. The highest BCUT2D eigenvalue weighted by molar-refractivity contribution is 6.06. The van der Waals surface area contributed by atoms with Crippen LogP contribution in [0.25, 0.3) is 10.9 Å². The monoisotopic (exact) mass is 284 g/mol. The maximum Gasteiger partial charge on any atom is 0.254 e. The maximum atomic E-state index is 12.7. The zero-order chi connectivity index (χ0) is 15.0. The van der Waals surface area contributed by atoms with Crippen LogP contribution in [-0.2, 0) is 0 Å². The number of pyridine rings is 1. The van der Waals surface area contributed by atoms with Gasteiger partial charge in [0.25, 0.3) is 5.91 Å². The minimum absolute atomic E-state index is 0.0409. The Kier molecular flexibility index (Phi) is 3.64. The number of carbonyl (C=O) groups excluding carboxylic acids is 1. The van der Waals surface area contributed by atoms with Crippen molar-refractivity contribution in [2.24, 2.45) is 0 Å². The van der Waals surface area contributed by atoms with E-state index in [-0.39, 0.29) is 18.6 Å². The van der Waals surface area contributed by atoms with E-state index in [1.54, 1.807) is 11.9 Å². The minimum atomic E-state index is -0.200. The second kappa shape index (κ2) is 5.45. The Balaban J connectivity index is 2.09. The number of rotatable bonds is 4. The van der Waals surface area contributed by atoms with Crippen LogP contribution in [0.5, 0.6) is 0 Å². The van der Waals surface area contributed by atoms with Crippen molar-refractivity contribution in [1.82, 2.24) is 9.88 Å². The number of amides is 1. The van der Waals surface area contributed by atoms with Crippen molar-refractivity contribution in [3.05, 3.63) is 41.6 Å². The fraction of sp³-hybridized carbons (Fsp3) is 0.412. The second-order valence-corrected chi connectivity index (χ2v) is 5.83. The fourth-order valence-corrected chi connectivity index (χ4v) is 2.47. The molecule has 1 aliphatic rings. The summed E-state index contributed by atoms with van der Waals surface area (Å²) in [4.78, 5) is 19.0. The summed E-state index contributed by atoms with van der Waals surface area (Å²) < 4.78 is 0. The van der Waals surface area contributed by atoms with Crippen molar-refractivity contribution in [1.29, 1.82) is 0 Å². The molecule has 21 heavy (non-hydrogen) atoms. The van der Waals surface area contributed by atoms with Crippen molar-refractivity contribution in [3.8, 4) is 0 Å². The normalized spacial score (nSPS) is 16.0. The van der Waals surface area contributed by atoms with E-state index in [4.69, 9.17) is 0 Å². The van der Waals surface area contributed by atoms with Gasteiger partial charge in [-0.15, -0.1) is 0 Å². The third-order valence-corrected chi connectivity index (χ3v) is 4.21. The topological polar surface area (TPSA) is 53.4 Å². The molecule has 1 heterocycles. The molecular weight excluding hydrogens is 264 g/mol. The van der Waals surface area contributed by atoms with Crippen molar-refractivity contribution in [3.63, 3.8) is 0 Å². The van der Waals surface area contributed by atoms with Gasteiger partial charge in [0.2, 0.25) is 0 Å². The average molecular weight is 284 g/mol. The van der Waals surface area contributed by atoms with Crippen LogP contribution >= 0.6 is 0 Å². The molecule has 0 saturated heterocycles. The number of nitrogens with zero attached hydrogens (tertiary/aromatic N) is 2. The molecule has 1 atom stereocenters. The van der Waals surface area contributed by atoms with E-state index in [0.29, 0.717) is 11.5 Å². The van der Waals surface area contributed by atoms with Crippen molar-refractivity contribution < 1.29 is 9.90 Å². The Bertz CT molecular complexity index is 680. The summed E-state index contributed by atoms with van der Waals surface area (Å²) in [6.45, 7) is 1.80. The van der Waals surface area contributed by atoms with Gasteiger partial charge in [0.15, 0.2) is 0 Å². The lowest BCUT2D eigenvalue weighted by atomic mass is 10.0. The van der Waals surface area contributed by atoms with Gasteiger partial charge in [0, 0.05) is 24.0 Å².